The van der Waals surface area contributed by atoms with Crippen molar-refractivity contribution in [2.24, 2.45) is 0 Å². The monoisotopic (exact) mass is 427 g/mol. The van der Waals surface area contributed by atoms with Gasteiger partial charge in [0.1, 0.15) is 5.60 Å². The summed E-state index contributed by atoms with van der Waals surface area (Å²) in [6.07, 6.45) is 4.35. The van der Waals surface area contributed by atoms with Crippen molar-refractivity contribution in [2.45, 2.75) is 51.6 Å². The minimum atomic E-state index is -0.465. The number of fused-ring (bicyclic) bond motifs is 3. The van der Waals surface area contributed by atoms with Crippen molar-refractivity contribution in [1.29, 1.82) is 0 Å². The summed E-state index contributed by atoms with van der Waals surface area (Å²) in [7, 11) is 0. The van der Waals surface area contributed by atoms with Gasteiger partial charge in [0.2, 0.25) is 0 Å². The van der Waals surface area contributed by atoms with Gasteiger partial charge in [-0.1, -0.05) is 30.3 Å². The minimum absolute atomic E-state index is 0.219. The number of amides is 1. The molecule has 164 valence electrons. The minimum Gasteiger partial charge on any atom is -0.444 e. The normalized spacial score (nSPS) is 15.9. The van der Waals surface area contributed by atoms with E-state index in [0.29, 0.717) is 19.0 Å². The van der Waals surface area contributed by atoms with E-state index in [-0.39, 0.29) is 6.09 Å². The van der Waals surface area contributed by atoms with E-state index in [9.17, 15) is 4.79 Å². The lowest BCUT2D eigenvalue weighted by molar-refractivity contribution is 0.0204. The molecule has 2 aromatic heterocycles. The molecule has 1 amide bonds. The highest BCUT2D eigenvalue weighted by molar-refractivity contribution is 5.88. The van der Waals surface area contributed by atoms with Crippen LogP contribution in [0.2, 0.25) is 0 Å². The number of hydrogen-bond acceptors (Lipinski definition) is 4. The van der Waals surface area contributed by atoms with Crippen LogP contribution in [0.3, 0.4) is 0 Å². The van der Waals surface area contributed by atoms with E-state index in [4.69, 9.17) is 9.72 Å². The Morgan fingerprint density at radius 1 is 1.00 bits per heavy atom. The topological polar surface area (TPSA) is 55.3 Å². The summed E-state index contributed by atoms with van der Waals surface area (Å²) < 4.78 is 5.53. The van der Waals surface area contributed by atoms with Gasteiger partial charge in [-0.25, -0.2) is 4.79 Å². The van der Waals surface area contributed by atoms with Crippen LogP contribution in [0.1, 0.15) is 56.5 Å². The fourth-order valence-corrected chi connectivity index (χ4v) is 4.77. The number of pyridine rings is 2. The summed E-state index contributed by atoms with van der Waals surface area (Å²) in [5, 5.41) is 0. The van der Waals surface area contributed by atoms with Gasteiger partial charge in [-0.2, -0.15) is 0 Å². The van der Waals surface area contributed by atoms with E-state index in [1.165, 1.54) is 16.7 Å². The van der Waals surface area contributed by atoms with Gasteiger partial charge in [-0.3, -0.25) is 9.97 Å². The fraction of sp³-hybridized carbons (Fsp3) is 0.370. The summed E-state index contributed by atoms with van der Waals surface area (Å²) >= 11 is 0. The molecular weight excluding hydrogens is 398 g/mol. The predicted octanol–water partition coefficient (Wildman–Crippen LogP) is 5.83. The Hall–Kier alpha value is -3.21. The summed E-state index contributed by atoms with van der Waals surface area (Å²) in [5.41, 5.74) is 7.71. The first-order chi connectivity index (χ1) is 15.4. The predicted molar refractivity (Wildman–Crippen MR) is 125 cm³/mol. The molecule has 5 nitrogen and oxygen atoms in total. The molecule has 2 aliphatic rings. The average Bonchev–Trinajstić information content (AvgIpc) is 3.17. The molecule has 0 radical (unpaired) electrons. The Morgan fingerprint density at radius 2 is 1.78 bits per heavy atom. The highest BCUT2D eigenvalue weighted by Crippen LogP contribution is 2.41. The average molecular weight is 428 g/mol. The van der Waals surface area contributed by atoms with Gasteiger partial charge in [0.05, 0.1) is 11.4 Å². The number of ether oxygens (including phenoxy) is 1. The quantitative estimate of drug-likeness (QED) is 0.404. The van der Waals surface area contributed by atoms with Gasteiger partial charge >= 0.3 is 6.09 Å². The van der Waals surface area contributed by atoms with E-state index in [2.05, 4.69) is 53.5 Å². The van der Waals surface area contributed by atoms with Gasteiger partial charge < -0.3 is 9.64 Å². The molecule has 1 aliphatic heterocycles. The van der Waals surface area contributed by atoms with Crippen LogP contribution in [0.4, 0.5) is 4.79 Å². The van der Waals surface area contributed by atoms with Crippen molar-refractivity contribution in [3.63, 3.8) is 0 Å². The van der Waals surface area contributed by atoms with Crippen LogP contribution in [0.25, 0.3) is 22.4 Å². The molecule has 3 heterocycles. The lowest BCUT2D eigenvalue weighted by atomic mass is 9.92. The Morgan fingerprint density at radius 3 is 2.56 bits per heavy atom. The number of benzene rings is 1. The third kappa shape index (κ3) is 3.99. The van der Waals surface area contributed by atoms with Gasteiger partial charge in [-0.15, -0.1) is 0 Å². The second-order valence-electron chi connectivity index (χ2n) is 9.70. The number of likely N-dealkylation sites (tertiary alicyclic amines) is 1. The molecule has 1 aliphatic carbocycles. The van der Waals surface area contributed by atoms with Crippen LogP contribution in [-0.2, 0) is 11.2 Å². The van der Waals surface area contributed by atoms with E-state index in [1.807, 2.05) is 31.9 Å². The molecule has 1 saturated heterocycles. The molecular formula is C27H29N3O2. The maximum atomic E-state index is 12.4. The molecule has 5 heteroatoms. The van der Waals surface area contributed by atoms with Crippen LogP contribution >= 0.6 is 0 Å². The van der Waals surface area contributed by atoms with Gasteiger partial charge in [0.25, 0.3) is 0 Å². The molecule has 0 unspecified atom stereocenters. The first-order valence-corrected chi connectivity index (χ1v) is 11.4. The van der Waals surface area contributed by atoms with Crippen molar-refractivity contribution in [3.8, 4) is 22.4 Å². The van der Waals surface area contributed by atoms with Gasteiger partial charge in [0, 0.05) is 48.4 Å². The van der Waals surface area contributed by atoms with Crippen LogP contribution in [0, 0.1) is 0 Å². The van der Waals surface area contributed by atoms with E-state index in [0.717, 1.165) is 41.9 Å². The smallest absolute Gasteiger partial charge is 0.410 e. The van der Waals surface area contributed by atoms with E-state index >= 15 is 0 Å². The molecule has 1 aromatic carbocycles. The van der Waals surface area contributed by atoms with Gasteiger partial charge in [-0.05, 0) is 62.9 Å². The fourth-order valence-electron chi connectivity index (χ4n) is 4.77. The summed E-state index contributed by atoms with van der Waals surface area (Å²) in [4.78, 5) is 23.9. The molecule has 3 aromatic rings. The van der Waals surface area contributed by atoms with Crippen molar-refractivity contribution >= 4 is 6.09 Å². The number of piperidine rings is 1. The van der Waals surface area contributed by atoms with Crippen molar-refractivity contribution in [1.82, 2.24) is 14.9 Å². The second-order valence-corrected chi connectivity index (χ2v) is 9.70. The van der Waals surface area contributed by atoms with Crippen molar-refractivity contribution < 1.29 is 9.53 Å². The molecule has 0 bridgehead atoms. The lowest BCUT2D eigenvalue weighted by Gasteiger charge is -2.33. The highest BCUT2D eigenvalue weighted by atomic mass is 16.6. The maximum Gasteiger partial charge on any atom is 0.410 e. The number of nitrogens with zero attached hydrogens (tertiary/aromatic N) is 3. The number of rotatable bonds is 2. The van der Waals surface area contributed by atoms with Gasteiger partial charge in [0.15, 0.2) is 0 Å². The first-order valence-electron chi connectivity index (χ1n) is 11.4. The Labute approximate surface area is 189 Å². The van der Waals surface area contributed by atoms with Crippen LogP contribution in [0.15, 0.2) is 54.7 Å². The molecule has 0 saturated carbocycles. The summed E-state index contributed by atoms with van der Waals surface area (Å²) in [6, 6.07) is 16.9. The highest BCUT2D eigenvalue weighted by Gasteiger charge is 2.29. The van der Waals surface area contributed by atoms with Crippen LogP contribution in [0.5, 0.6) is 0 Å². The molecule has 0 atom stereocenters. The van der Waals surface area contributed by atoms with Crippen LogP contribution < -0.4 is 0 Å². The standard InChI is InChI=1S/C27H29N3O2/c1-27(2,3)32-26(31)30-15-12-18(13-16-30)22-9-6-10-23(29-22)21-11-14-28-24-17-19-7-4-5-8-20(19)25(21)24/h4-11,14,18H,12-13,15-17H2,1-3H3. The maximum absolute atomic E-state index is 12.4. The molecule has 32 heavy (non-hydrogen) atoms. The number of hydrogen-bond donors (Lipinski definition) is 0. The van der Waals surface area contributed by atoms with Crippen molar-refractivity contribution in [2.75, 3.05) is 13.1 Å². The SMILES string of the molecule is CC(C)(C)OC(=O)N1CCC(c2cccc(-c3ccnc4c3-c3ccccc3C4)n2)CC1. The Bertz CT molecular complexity index is 1160. The lowest BCUT2D eigenvalue weighted by Crippen LogP contribution is -2.41. The Kier molecular flexibility index (Phi) is 5.20. The van der Waals surface area contributed by atoms with E-state index in [1.54, 1.807) is 0 Å². The number of carbonyl (C=O) groups excluding carboxylic acids is 1. The second kappa shape index (κ2) is 8.05. The largest absolute Gasteiger partial charge is 0.444 e. The third-order valence-corrected chi connectivity index (χ3v) is 6.29. The van der Waals surface area contributed by atoms with Crippen LogP contribution in [-0.4, -0.2) is 39.7 Å². The number of aromatic nitrogens is 2. The van der Waals surface area contributed by atoms with Crippen molar-refractivity contribution in [3.05, 3.63) is 71.7 Å². The molecule has 0 N–H and O–H groups in total. The summed E-state index contributed by atoms with van der Waals surface area (Å²) in [5.74, 6) is 0.343. The van der Waals surface area contributed by atoms with E-state index < -0.39 is 5.60 Å². The zero-order valence-corrected chi connectivity index (χ0v) is 19.0. The molecule has 5 rings (SSSR count). The zero-order chi connectivity index (χ0) is 22.3. The first kappa shape index (κ1) is 20.7. The zero-order valence-electron chi connectivity index (χ0n) is 19.0. The summed E-state index contributed by atoms with van der Waals surface area (Å²) in [6.45, 7) is 7.11. The number of carbonyl (C=O) groups is 1. The third-order valence-electron chi connectivity index (χ3n) is 6.29. The Balaban J connectivity index is 1.37. The molecule has 1 fully saturated rings. The molecule has 0 spiro atoms.